The Balaban J connectivity index is 0. The molecular formula is H3Cl2CuNa. The molecule has 0 unspecified atom stereocenters. The fourth-order valence-electron chi connectivity index (χ4n) is 0. The summed E-state index contributed by atoms with van der Waals surface area (Å²) in [7, 11) is 0. The van der Waals surface area contributed by atoms with E-state index in [1.807, 2.05) is 0 Å². The van der Waals surface area contributed by atoms with Crippen LogP contribution in [0.4, 0.5) is 0 Å². The molecule has 0 atom stereocenters. The second-order valence-corrected chi connectivity index (χ2v) is 0. The maximum atomic E-state index is 0. The zero-order chi connectivity index (χ0) is 0. The summed E-state index contributed by atoms with van der Waals surface area (Å²) < 4.78 is 0. The van der Waals surface area contributed by atoms with Gasteiger partial charge in [-0.25, -0.2) is 0 Å². The molecule has 4 heteroatoms. The summed E-state index contributed by atoms with van der Waals surface area (Å²) >= 11 is 0. The molecule has 0 saturated heterocycles. The minimum Gasteiger partial charge on any atom is -1.00 e. The number of rotatable bonds is 0. The third kappa shape index (κ3) is 8.93. The molecule has 0 fully saturated rings. The van der Waals surface area contributed by atoms with E-state index in [9.17, 15) is 0 Å². The molecular weight excluding hydrogens is 157 g/mol. The summed E-state index contributed by atoms with van der Waals surface area (Å²) in [6.45, 7) is 0. The van der Waals surface area contributed by atoms with Crippen molar-refractivity contribution in [1.82, 2.24) is 0 Å². The minimum absolute atomic E-state index is 0. The molecule has 0 aromatic rings. The quantitative estimate of drug-likeness (QED) is 0.358. The van der Waals surface area contributed by atoms with Crippen molar-refractivity contribution in [3.63, 3.8) is 0 Å². The normalized spacial score (nSPS) is 0. The van der Waals surface area contributed by atoms with E-state index in [-0.39, 0.29) is 72.9 Å². The molecule has 0 aromatic heterocycles. The summed E-state index contributed by atoms with van der Waals surface area (Å²) in [5, 5.41) is 0. The molecule has 0 heterocycles. The summed E-state index contributed by atoms with van der Waals surface area (Å²) in [5.41, 5.74) is 0. The molecule has 0 nitrogen and oxygen atoms in total. The van der Waals surface area contributed by atoms with Crippen molar-refractivity contribution in [2.24, 2.45) is 0 Å². The van der Waals surface area contributed by atoms with E-state index in [1.165, 1.54) is 0 Å². The van der Waals surface area contributed by atoms with Crippen LogP contribution in [-0.4, -0.2) is 0 Å². The molecule has 4 heavy (non-hydrogen) atoms. The van der Waals surface area contributed by atoms with E-state index in [4.69, 9.17) is 0 Å². The molecule has 0 aliphatic rings. The maximum Gasteiger partial charge on any atom is 1.00 e. The van der Waals surface area contributed by atoms with Gasteiger partial charge >= 0.3 is 29.6 Å². The first-order chi connectivity index (χ1) is 0. The van der Waals surface area contributed by atoms with E-state index in [0.717, 1.165) is 0 Å². The van der Waals surface area contributed by atoms with E-state index < -0.39 is 0 Å². The van der Waals surface area contributed by atoms with Crippen molar-refractivity contribution in [2.75, 3.05) is 0 Å². The molecule has 0 aromatic carbocycles. The Labute approximate surface area is 72.2 Å². The van der Waals surface area contributed by atoms with Gasteiger partial charge < -0.3 is 1.43 Å². The van der Waals surface area contributed by atoms with Gasteiger partial charge in [-0.15, -0.1) is 24.8 Å². The fourth-order valence-corrected chi connectivity index (χ4v) is 0. The van der Waals surface area contributed by atoms with Crippen LogP contribution in [0.2, 0.25) is 0 Å². The van der Waals surface area contributed by atoms with E-state index in [2.05, 4.69) is 0 Å². The van der Waals surface area contributed by atoms with Crippen LogP contribution in [0.1, 0.15) is 1.43 Å². The second-order valence-electron chi connectivity index (χ2n) is 0. The molecule has 0 bridgehead atoms. The zero-order valence-electron chi connectivity index (χ0n) is 3.12. The van der Waals surface area contributed by atoms with Gasteiger partial charge in [0, 0.05) is 17.1 Å². The largest absolute Gasteiger partial charge is 1.00 e. The van der Waals surface area contributed by atoms with Gasteiger partial charge in [-0.3, -0.25) is 0 Å². The Hall–Kier alpha value is 2.10. The molecule has 0 rings (SSSR count). The van der Waals surface area contributed by atoms with Crippen molar-refractivity contribution in [3.05, 3.63) is 0 Å². The van der Waals surface area contributed by atoms with Crippen molar-refractivity contribution in [1.29, 1.82) is 0 Å². The summed E-state index contributed by atoms with van der Waals surface area (Å²) in [6.07, 6.45) is 0. The van der Waals surface area contributed by atoms with Crippen LogP contribution in [0, 0.1) is 0 Å². The number of hydrogen-bond donors (Lipinski definition) is 0. The summed E-state index contributed by atoms with van der Waals surface area (Å²) in [4.78, 5) is 0. The van der Waals surface area contributed by atoms with Gasteiger partial charge in [0.15, 0.2) is 0 Å². The third-order valence-electron chi connectivity index (χ3n) is 0. The predicted molar refractivity (Wildman–Crippen MR) is 15.6 cm³/mol. The summed E-state index contributed by atoms with van der Waals surface area (Å²) in [6, 6.07) is 0. The smallest absolute Gasteiger partial charge is 1.00 e. The zero-order valence-corrected chi connectivity index (χ0v) is 6.69. The van der Waals surface area contributed by atoms with Crippen molar-refractivity contribution >= 4 is 24.8 Å². The van der Waals surface area contributed by atoms with E-state index >= 15 is 0 Å². The van der Waals surface area contributed by atoms with Crippen LogP contribution in [0.15, 0.2) is 0 Å². The molecule has 1 radical (unpaired) electrons. The molecule has 0 spiro atoms. The van der Waals surface area contributed by atoms with E-state index in [1.54, 1.807) is 0 Å². The van der Waals surface area contributed by atoms with Crippen LogP contribution in [-0.2, 0) is 17.1 Å². The maximum absolute atomic E-state index is 0. The Morgan fingerprint density at radius 1 is 1.00 bits per heavy atom. The van der Waals surface area contributed by atoms with Gasteiger partial charge in [0.2, 0.25) is 0 Å². The van der Waals surface area contributed by atoms with Gasteiger partial charge in [0.25, 0.3) is 0 Å². The molecule has 29 valence electrons. The van der Waals surface area contributed by atoms with Crippen LogP contribution in [0.3, 0.4) is 0 Å². The molecule has 0 aliphatic heterocycles. The van der Waals surface area contributed by atoms with Gasteiger partial charge in [0.05, 0.1) is 0 Å². The Morgan fingerprint density at radius 3 is 1.00 bits per heavy atom. The first-order valence-electron chi connectivity index (χ1n) is 0. The van der Waals surface area contributed by atoms with Gasteiger partial charge in [0.1, 0.15) is 0 Å². The Morgan fingerprint density at radius 2 is 1.00 bits per heavy atom. The van der Waals surface area contributed by atoms with Crippen LogP contribution < -0.4 is 29.6 Å². The average Bonchev–Trinajstić information content (AvgIpc) is 0. The van der Waals surface area contributed by atoms with Crippen LogP contribution in [0.25, 0.3) is 0 Å². The first kappa shape index (κ1) is 36.0. The fraction of sp³-hybridized carbons (Fsp3) is 0. The Bertz CT molecular complexity index is 9.61. The Kier molecular flexibility index (Phi) is 175. The SMILES string of the molecule is Cl.Cl.[Cu].[H-].[Na+]. The van der Waals surface area contributed by atoms with Gasteiger partial charge in [-0.2, -0.15) is 0 Å². The minimum atomic E-state index is 0. The number of hydrogen-bond acceptors (Lipinski definition) is 0. The van der Waals surface area contributed by atoms with Crippen LogP contribution >= 0.6 is 24.8 Å². The molecule has 0 amide bonds. The van der Waals surface area contributed by atoms with Gasteiger partial charge in [-0.1, -0.05) is 0 Å². The molecule has 0 saturated carbocycles. The third-order valence-corrected chi connectivity index (χ3v) is 0. The number of halogens is 2. The molecule has 0 aliphatic carbocycles. The van der Waals surface area contributed by atoms with Gasteiger partial charge in [-0.05, 0) is 0 Å². The predicted octanol–water partition coefficient (Wildman–Crippen LogP) is -2.04. The van der Waals surface area contributed by atoms with Crippen molar-refractivity contribution < 1.29 is 48.1 Å². The average molecular weight is 160 g/mol. The molecule has 0 N–H and O–H groups in total. The van der Waals surface area contributed by atoms with E-state index in [0.29, 0.717) is 0 Å². The van der Waals surface area contributed by atoms with Crippen molar-refractivity contribution in [2.45, 2.75) is 0 Å². The second kappa shape index (κ2) is 19.4. The monoisotopic (exact) mass is 159 g/mol. The van der Waals surface area contributed by atoms with Crippen molar-refractivity contribution in [3.8, 4) is 0 Å². The topological polar surface area (TPSA) is 0 Å². The van der Waals surface area contributed by atoms with Crippen LogP contribution in [0.5, 0.6) is 0 Å². The summed E-state index contributed by atoms with van der Waals surface area (Å²) in [5.74, 6) is 0. The first-order valence-corrected chi connectivity index (χ1v) is 0. The standard InChI is InChI=1S/2ClH.Cu.Na.H/h2*1H;;;/q;;;+1;-1.